The van der Waals surface area contributed by atoms with Crippen molar-refractivity contribution in [2.24, 2.45) is 0 Å². The fraction of sp³-hybridized carbons (Fsp3) is 0.217. The molecule has 0 fully saturated rings. The quantitative estimate of drug-likeness (QED) is 0.400. The number of para-hydroxylation sites is 1. The van der Waals surface area contributed by atoms with E-state index in [0.29, 0.717) is 0 Å². The monoisotopic (exact) mass is 436 g/mol. The van der Waals surface area contributed by atoms with Gasteiger partial charge < -0.3 is 20.4 Å². The number of carbonyl (C=O) groups is 4. The van der Waals surface area contributed by atoms with E-state index in [0.717, 1.165) is 22.0 Å². The van der Waals surface area contributed by atoms with Crippen LogP contribution in [0.5, 0.6) is 0 Å². The number of hydrogen-bond donors (Lipinski definition) is 4. The third kappa shape index (κ3) is 6.43. The number of urea groups is 1. The Balaban J connectivity index is 1.51. The van der Waals surface area contributed by atoms with Crippen LogP contribution in [0.1, 0.15) is 18.1 Å². The van der Waals surface area contributed by atoms with Crippen LogP contribution in [0, 0.1) is 0 Å². The number of rotatable bonds is 8. The predicted octanol–water partition coefficient (Wildman–Crippen LogP) is 1.78. The second kappa shape index (κ2) is 10.8. The first-order chi connectivity index (χ1) is 15.4. The molecule has 0 aliphatic heterocycles. The molecule has 3 rings (SSSR count). The minimum Gasteiger partial charge on any atom is -0.454 e. The number of ether oxygens (including phenoxy) is 1. The van der Waals surface area contributed by atoms with E-state index in [1.54, 1.807) is 6.20 Å². The molecule has 0 unspecified atom stereocenters. The lowest BCUT2D eigenvalue weighted by Gasteiger charge is -2.16. The molecular formula is C23H24N4O5. The lowest BCUT2D eigenvalue weighted by Crippen LogP contribution is -2.45. The van der Waals surface area contributed by atoms with Crippen molar-refractivity contribution in [2.45, 2.75) is 25.9 Å². The van der Waals surface area contributed by atoms with E-state index in [9.17, 15) is 19.2 Å². The molecule has 1 heterocycles. The predicted molar refractivity (Wildman–Crippen MR) is 117 cm³/mol. The zero-order chi connectivity index (χ0) is 22.9. The number of fused-ring (bicyclic) bond motifs is 1. The fourth-order valence-electron chi connectivity index (χ4n) is 3.18. The summed E-state index contributed by atoms with van der Waals surface area (Å²) in [7, 11) is 0. The smallest absolute Gasteiger partial charge is 0.329 e. The van der Waals surface area contributed by atoms with E-state index < -0.39 is 36.5 Å². The van der Waals surface area contributed by atoms with Crippen LogP contribution in [-0.2, 0) is 32.1 Å². The maximum atomic E-state index is 12.5. The van der Waals surface area contributed by atoms with Crippen LogP contribution >= 0.6 is 0 Å². The third-order valence-electron chi connectivity index (χ3n) is 4.66. The molecule has 4 N–H and O–H groups in total. The lowest BCUT2D eigenvalue weighted by atomic mass is 10.0. The zero-order valence-electron chi connectivity index (χ0n) is 17.5. The first-order valence-electron chi connectivity index (χ1n) is 10.0. The summed E-state index contributed by atoms with van der Waals surface area (Å²) in [5, 5.41) is 8.10. The molecule has 4 amide bonds. The summed E-state index contributed by atoms with van der Waals surface area (Å²) < 4.78 is 5.04. The van der Waals surface area contributed by atoms with Gasteiger partial charge in [0, 0.05) is 37.0 Å². The van der Waals surface area contributed by atoms with E-state index in [4.69, 9.17) is 4.74 Å². The van der Waals surface area contributed by atoms with Gasteiger partial charge in [0.25, 0.3) is 5.91 Å². The molecule has 0 spiro atoms. The molecule has 1 aromatic heterocycles. The summed E-state index contributed by atoms with van der Waals surface area (Å²) in [6.45, 7) is 0.885. The van der Waals surface area contributed by atoms with Gasteiger partial charge in [-0.3, -0.25) is 14.9 Å². The first-order valence-corrected chi connectivity index (χ1v) is 10.0. The van der Waals surface area contributed by atoms with Crippen molar-refractivity contribution in [1.82, 2.24) is 20.9 Å². The molecule has 1 atom stereocenters. The Bertz CT molecular complexity index is 1110. The molecule has 0 aliphatic carbocycles. The third-order valence-corrected chi connectivity index (χ3v) is 4.66. The molecule has 32 heavy (non-hydrogen) atoms. The van der Waals surface area contributed by atoms with Crippen molar-refractivity contribution >= 4 is 34.7 Å². The highest BCUT2D eigenvalue weighted by atomic mass is 16.5. The maximum Gasteiger partial charge on any atom is 0.329 e. The normalized spacial score (nSPS) is 11.4. The van der Waals surface area contributed by atoms with Gasteiger partial charge in [-0.05, 0) is 17.2 Å². The molecule has 2 aromatic carbocycles. The summed E-state index contributed by atoms with van der Waals surface area (Å²) in [4.78, 5) is 51.0. The number of imide groups is 1. The Kier molecular flexibility index (Phi) is 7.58. The molecule has 0 saturated heterocycles. The average Bonchev–Trinajstić information content (AvgIpc) is 3.19. The van der Waals surface area contributed by atoms with Crippen molar-refractivity contribution in [3.8, 4) is 0 Å². The van der Waals surface area contributed by atoms with Gasteiger partial charge in [0.2, 0.25) is 5.91 Å². The molecule has 0 aliphatic rings. The van der Waals surface area contributed by atoms with Gasteiger partial charge in [-0.2, -0.15) is 0 Å². The number of benzene rings is 2. The van der Waals surface area contributed by atoms with E-state index in [-0.39, 0.29) is 13.0 Å². The Morgan fingerprint density at radius 1 is 1.00 bits per heavy atom. The number of nitrogens with one attached hydrogen (secondary N) is 4. The number of H-pyrrole nitrogens is 1. The average molecular weight is 436 g/mol. The van der Waals surface area contributed by atoms with Crippen LogP contribution in [0.3, 0.4) is 0 Å². The molecule has 0 bridgehead atoms. The minimum absolute atomic E-state index is 0.182. The maximum absolute atomic E-state index is 12.5. The summed E-state index contributed by atoms with van der Waals surface area (Å²) in [5.74, 6) is -1.96. The van der Waals surface area contributed by atoms with E-state index >= 15 is 0 Å². The van der Waals surface area contributed by atoms with Crippen LogP contribution in [0.2, 0.25) is 0 Å². The van der Waals surface area contributed by atoms with Gasteiger partial charge in [0.15, 0.2) is 6.61 Å². The topological polar surface area (TPSA) is 129 Å². The second-order valence-electron chi connectivity index (χ2n) is 7.14. The van der Waals surface area contributed by atoms with Crippen molar-refractivity contribution in [2.75, 3.05) is 6.61 Å². The molecule has 9 heteroatoms. The Morgan fingerprint density at radius 3 is 2.47 bits per heavy atom. The van der Waals surface area contributed by atoms with Crippen molar-refractivity contribution in [3.63, 3.8) is 0 Å². The van der Waals surface area contributed by atoms with Crippen LogP contribution in [-0.4, -0.2) is 41.4 Å². The number of esters is 1. The molecule has 0 saturated carbocycles. The molecular weight excluding hydrogens is 412 g/mol. The van der Waals surface area contributed by atoms with E-state index in [2.05, 4.69) is 20.9 Å². The molecule has 0 radical (unpaired) electrons. The van der Waals surface area contributed by atoms with Gasteiger partial charge in [-0.1, -0.05) is 48.5 Å². The summed E-state index contributed by atoms with van der Waals surface area (Å²) in [5.41, 5.74) is 2.59. The standard InChI is InChI=1S/C23H24N4O5/c1-15(28)26-20(11-17-13-24-19-10-6-5-9-18(17)19)22(30)32-14-21(29)27-23(31)25-12-16-7-3-2-4-8-16/h2-10,13,20,24H,11-12,14H2,1H3,(H,26,28)(H2,25,27,29,31)/t20-/m0/s1. The van der Waals surface area contributed by atoms with E-state index in [1.807, 2.05) is 54.6 Å². The second-order valence-corrected chi connectivity index (χ2v) is 7.14. The van der Waals surface area contributed by atoms with Crippen LogP contribution in [0.25, 0.3) is 10.9 Å². The molecule has 3 aromatic rings. The summed E-state index contributed by atoms with van der Waals surface area (Å²) in [6.07, 6.45) is 1.94. The van der Waals surface area contributed by atoms with Crippen LogP contribution < -0.4 is 16.0 Å². The van der Waals surface area contributed by atoms with Gasteiger partial charge in [-0.15, -0.1) is 0 Å². The minimum atomic E-state index is -0.980. The number of aromatic nitrogens is 1. The number of carbonyl (C=O) groups excluding carboxylic acids is 4. The highest BCUT2D eigenvalue weighted by molar-refractivity contribution is 5.96. The summed E-state index contributed by atoms with van der Waals surface area (Å²) >= 11 is 0. The molecule has 9 nitrogen and oxygen atoms in total. The highest BCUT2D eigenvalue weighted by Gasteiger charge is 2.24. The van der Waals surface area contributed by atoms with Crippen LogP contribution in [0.4, 0.5) is 4.79 Å². The van der Waals surface area contributed by atoms with Gasteiger partial charge >= 0.3 is 12.0 Å². The van der Waals surface area contributed by atoms with Gasteiger partial charge in [0.05, 0.1) is 0 Å². The van der Waals surface area contributed by atoms with Crippen molar-refractivity contribution < 1.29 is 23.9 Å². The van der Waals surface area contributed by atoms with Gasteiger partial charge in [0.1, 0.15) is 6.04 Å². The highest BCUT2D eigenvalue weighted by Crippen LogP contribution is 2.19. The number of hydrogen-bond acceptors (Lipinski definition) is 5. The zero-order valence-corrected chi connectivity index (χ0v) is 17.5. The van der Waals surface area contributed by atoms with Crippen molar-refractivity contribution in [3.05, 3.63) is 71.9 Å². The van der Waals surface area contributed by atoms with E-state index in [1.165, 1.54) is 6.92 Å². The van der Waals surface area contributed by atoms with Crippen LogP contribution in [0.15, 0.2) is 60.8 Å². The fourth-order valence-corrected chi connectivity index (χ4v) is 3.18. The first kappa shape index (κ1) is 22.5. The number of aromatic amines is 1. The number of amides is 4. The Hall–Kier alpha value is -4.14. The SMILES string of the molecule is CC(=O)N[C@@H](Cc1c[nH]c2ccccc12)C(=O)OCC(=O)NC(=O)NCc1ccccc1. The van der Waals surface area contributed by atoms with Crippen molar-refractivity contribution in [1.29, 1.82) is 0 Å². The molecule has 166 valence electrons. The van der Waals surface area contributed by atoms with Gasteiger partial charge in [-0.25, -0.2) is 9.59 Å². The Labute approximate surface area is 184 Å². The summed E-state index contributed by atoms with van der Waals surface area (Å²) in [6, 6.07) is 15.1. The Morgan fingerprint density at radius 2 is 1.72 bits per heavy atom. The largest absolute Gasteiger partial charge is 0.454 e. The lowest BCUT2D eigenvalue weighted by molar-refractivity contribution is -0.151.